The number of nitrogens with one attached hydrogen (secondary N) is 1. The van der Waals surface area contributed by atoms with Gasteiger partial charge >= 0.3 is 0 Å². The monoisotopic (exact) mass is 244 g/mol. The lowest BCUT2D eigenvalue weighted by molar-refractivity contribution is 0.0721. The van der Waals surface area contributed by atoms with Gasteiger partial charge in [0.2, 0.25) is 0 Å². The molecule has 2 rings (SSSR count). The molecule has 0 fully saturated rings. The number of aliphatic hydroxyl groups is 1. The molecule has 1 heterocycles. The van der Waals surface area contributed by atoms with Crippen molar-refractivity contribution in [1.82, 2.24) is 9.97 Å². The van der Waals surface area contributed by atoms with Gasteiger partial charge in [-0.1, -0.05) is 30.3 Å². The maximum atomic E-state index is 11.8. The van der Waals surface area contributed by atoms with Crippen LogP contribution in [0.2, 0.25) is 0 Å². The molecule has 94 valence electrons. The van der Waals surface area contributed by atoms with E-state index >= 15 is 0 Å². The van der Waals surface area contributed by atoms with Gasteiger partial charge in [-0.25, -0.2) is 0 Å². The van der Waals surface area contributed by atoms with Crippen molar-refractivity contribution < 1.29 is 5.11 Å². The van der Waals surface area contributed by atoms with Crippen LogP contribution in [0.25, 0.3) is 0 Å². The van der Waals surface area contributed by atoms with E-state index in [0.29, 0.717) is 6.42 Å². The van der Waals surface area contributed by atoms with Crippen LogP contribution in [-0.4, -0.2) is 15.1 Å². The quantitative estimate of drug-likeness (QED) is 0.861. The van der Waals surface area contributed by atoms with Gasteiger partial charge in [0.25, 0.3) is 5.56 Å². The molecule has 0 spiro atoms. The Labute approximate surface area is 105 Å². The van der Waals surface area contributed by atoms with Gasteiger partial charge in [0.15, 0.2) is 0 Å². The first-order valence-corrected chi connectivity index (χ1v) is 5.82. The molecule has 2 aromatic rings. The van der Waals surface area contributed by atoms with Gasteiger partial charge in [-0.2, -0.15) is 0 Å². The van der Waals surface area contributed by atoms with Gasteiger partial charge in [0, 0.05) is 18.3 Å². The van der Waals surface area contributed by atoms with Crippen LogP contribution in [0.5, 0.6) is 0 Å². The fourth-order valence-corrected chi connectivity index (χ4v) is 1.78. The Balaban J connectivity index is 2.28. The summed E-state index contributed by atoms with van der Waals surface area (Å²) in [6.45, 7) is 3.09. The first kappa shape index (κ1) is 12.5. The molecule has 0 saturated heterocycles. The van der Waals surface area contributed by atoms with E-state index in [0.717, 1.165) is 11.3 Å². The molecule has 0 bridgehead atoms. The van der Waals surface area contributed by atoms with Gasteiger partial charge in [0.1, 0.15) is 11.3 Å². The second kappa shape index (κ2) is 4.74. The van der Waals surface area contributed by atoms with Crippen LogP contribution in [0.3, 0.4) is 0 Å². The van der Waals surface area contributed by atoms with Crippen molar-refractivity contribution in [3.05, 3.63) is 63.8 Å². The largest absolute Gasteiger partial charge is 0.384 e. The molecule has 0 aliphatic heterocycles. The lowest BCUT2D eigenvalue weighted by atomic mass is 10.1. The van der Waals surface area contributed by atoms with Crippen molar-refractivity contribution in [2.75, 3.05) is 0 Å². The maximum Gasteiger partial charge on any atom is 0.272 e. The number of nitrogens with zero attached hydrogens (tertiary/aromatic N) is 1. The molecule has 2 N–H and O–H groups in total. The topological polar surface area (TPSA) is 66.0 Å². The number of H-pyrrole nitrogens is 1. The standard InChI is InChI=1S/C14H16N2O2/c1-14(2,18)12-13(17)16-11(9-15-12)8-10-6-4-3-5-7-10/h3-7,9,18H,8H2,1-2H3,(H,16,17). The molecule has 0 aliphatic rings. The van der Waals surface area contributed by atoms with Gasteiger partial charge in [0.05, 0.1) is 0 Å². The highest BCUT2D eigenvalue weighted by atomic mass is 16.3. The van der Waals surface area contributed by atoms with Crippen molar-refractivity contribution >= 4 is 0 Å². The minimum absolute atomic E-state index is 0.138. The van der Waals surface area contributed by atoms with E-state index in [1.165, 1.54) is 0 Å². The fraction of sp³-hybridized carbons (Fsp3) is 0.286. The number of aromatic amines is 1. The zero-order valence-electron chi connectivity index (χ0n) is 10.5. The molecule has 0 atom stereocenters. The van der Waals surface area contributed by atoms with Gasteiger partial charge in [-0.15, -0.1) is 0 Å². The van der Waals surface area contributed by atoms with Crippen LogP contribution in [0.4, 0.5) is 0 Å². The van der Waals surface area contributed by atoms with Crippen molar-refractivity contribution in [2.24, 2.45) is 0 Å². The molecule has 0 aliphatic carbocycles. The van der Waals surface area contributed by atoms with Crippen LogP contribution in [0, 0.1) is 0 Å². The fourth-order valence-electron chi connectivity index (χ4n) is 1.78. The third kappa shape index (κ3) is 2.84. The third-order valence-corrected chi connectivity index (χ3v) is 2.66. The summed E-state index contributed by atoms with van der Waals surface area (Å²) in [6, 6.07) is 9.82. The number of aromatic nitrogens is 2. The van der Waals surface area contributed by atoms with Crippen LogP contribution in [-0.2, 0) is 12.0 Å². The summed E-state index contributed by atoms with van der Waals surface area (Å²) in [5, 5.41) is 9.77. The SMILES string of the molecule is CC(C)(O)c1ncc(Cc2ccccc2)[nH]c1=O. The van der Waals surface area contributed by atoms with Crippen molar-refractivity contribution in [3.63, 3.8) is 0 Å². The molecule has 4 heteroatoms. The second-order valence-corrected chi connectivity index (χ2v) is 4.81. The van der Waals surface area contributed by atoms with Gasteiger partial charge in [-0.05, 0) is 19.4 Å². The lowest BCUT2D eigenvalue weighted by Gasteiger charge is -2.15. The van der Waals surface area contributed by atoms with Crippen molar-refractivity contribution in [1.29, 1.82) is 0 Å². The first-order chi connectivity index (χ1) is 8.47. The molecule has 18 heavy (non-hydrogen) atoms. The molecule has 1 aromatic heterocycles. The summed E-state index contributed by atoms with van der Waals surface area (Å²) in [6.07, 6.45) is 2.22. The van der Waals surface area contributed by atoms with E-state index in [1.807, 2.05) is 30.3 Å². The Kier molecular flexibility index (Phi) is 3.30. The average molecular weight is 244 g/mol. The number of benzene rings is 1. The minimum Gasteiger partial charge on any atom is -0.384 e. The van der Waals surface area contributed by atoms with E-state index in [2.05, 4.69) is 9.97 Å². The van der Waals surface area contributed by atoms with Crippen molar-refractivity contribution in [3.8, 4) is 0 Å². The van der Waals surface area contributed by atoms with Crippen molar-refractivity contribution in [2.45, 2.75) is 25.9 Å². The van der Waals surface area contributed by atoms with Crippen LogP contribution in [0.1, 0.15) is 30.8 Å². The summed E-state index contributed by atoms with van der Waals surface area (Å²) in [5.41, 5.74) is 0.416. The Hall–Kier alpha value is -1.94. The van der Waals surface area contributed by atoms with E-state index in [1.54, 1.807) is 20.0 Å². The molecule has 0 unspecified atom stereocenters. The highest BCUT2D eigenvalue weighted by Crippen LogP contribution is 2.13. The predicted molar refractivity (Wildman–Crippen MR) is 69.4 cm³/mol. The summed E-state index contributed by atoms with van der Waals surface area (Å²) in [4.78, 5) is 18.6. The van der Waals surface area contributed by atoms with Crippen LogP contribution in [0.15, 0.2) is 41.3 Å². The first-order valence-electron chi connectivity index (χ1n) is 5.82. The van der Waals surface area contributed by atoms with Gasteiger partial charge in [-0.3, -0.25) is 9.78 Å². The van der Waals surface area contributed by atoms with Crippen LogP contribution >= 0.6 is 0 Å². The molecular weight excluding hydrogens is 228 g/mol. The average Bonchev–Trinajstić information content (AvgIpc) is 2.28. The highest BCUT2D eigenvalue weighted by molar-refractivity contribution is 5.21. The zero-order chi connectivity index (χ0) is 13.2. The summed E-state index contributed by atoms with van der Waals surface area (Å²) < 4.78 is 0. The highest BCUT2D eigenvalue weighted by Gasteiger charge is 2.21. The summed E-state index contributed by atoms with van der Waals surface area (Å²) in [7, 11) is 0. The summed E-state index contributed by atoms with van der Waals surface area (Å²) >= 11 is 0. The molecule has 0 saturated carbocycles. The second-order valence-electron chi connectivity index (χ2n) is 4.81. The van der Waals surface area contributed by atoms with Gasteiger partial charge < -0.3 is 10.1 Å². The van der Waals surface area contributed by atoms with Crippen LogP contribution < -0.4 is 5.56 Å². The van der Waals surface area contributed by atoms with E-state index in [4.69, 9.17) is 0 Å². The van der Waals surface area contributed by atoms with E-state index in [9.17, 15) is 9.90 Å². The lowest BCUT2D eigenvalue weighted by Crippen LogP contribution is -2.29. The smallest absolute Gasteiger partial charge is 0.272 e. The van der Waals surface area contributed by atoms with E-state index in [-0.39, 0.29) is 11.3 Å². The zero-order valence-corrected chi connectivity index (χ0v) is 10.5. The molecule has 0 radical (unpaired) electrons. The maximum absolute atomic E-state index is 11.8. The van der Waals surface area contributed by atoms with E-state index < -0.39 is 5.60 Å². The molecular formula is C14H16N2O2. The molecule has 0 amide bonds. The third-order valence-electron chi connectivity index (χ3n) is 2.66. The molecule has 1 aromatic carbocycles. The predicted octanol–water partition coefficient (Wildman–Crippen LogP) is 1.59. The number of hydrogen-bond acceptors (Lipinski definition) is 3. The Bertz CT molecular complexity index is 583. The Morgan fingerprint density at radius 2 is 1.94 bits per heavy atom. The molecule has 4 nitrogen and oxygen atoms in total. The Morgan fingerprint density at radius 3 is 2.50 bits per heavy atom. The number of rotatable bonds is 3. The summed E-state index contributed by atoms with van der Waals surface area (Å²) in [5.74, 6) is 0. The number of hydrogen-bond donors (Lipinski definition) is 2. The minimum atomic E-state index is -1.22. The normalized spacial score (nSPS) is 11.5. The Morgan fingerprint density at radius 1 is 1.28 bits per heavy atom.